The van der Waals surface area contributed by atoms with Crippen molar-refractivity contribution in [1.82, 2.24) is 4.90 Å². The van der Waals surface area contributed by atoms with Crippen LogP contribution >= 0.6 is 0 Å². The zero-order valence-corrected chi connectivity index (χ0v) is 12.4. The molecule has 21 heavy (non-hydrogen) atoms. The second kappa shape index (κ2) is 6.28. The van der Waals surface area contributed by atoms with Crippen LogP contribution in [0.25, 0.3) is 0 Å². The molecule has 1 N–H and O–H groups in total. The number of aliphatic hydroxyl groups is 1. The number of piperidine rings is 1. The molecule has 1 aromatic rings. The van der Waals surface area contributed by atoms with Gasteiger partial charge in [-0.15, -0.1) is 0 Å². The molecule has 0 atom stereocenters. The first-order chi connectivity index (χ1) is 9.93. The monoisotopic (exact) mass is 289 g/mol. The molecule has 4 heteroatoms. The van der Waals surface area contributed by atoms with Gasteiger partial charge in [0.15, 0.2) is 0 Å². The van der Waals surface area contributed by atoms with Gasteiger partial charge in [0.2, 0.25) is 0 Å². The van der Waals surface area contributed by atoms with Crippen molar-refractivity contribution in [2.45, 2.75) is 26.7 Å². The maximum atomic E-state index is 14.1. The highest BCUT2D eigenvalue weighted by molar-refractivity contribution is 5.94. The summed E-state index contributed by atoms with van der Waals surface area (Å²) in [7, 11) is 0. The van der Waals surface area contributed by atoms with Crippen LogP contribution in [0.5, 0.6) is 0 Å². The van der Waals surface area contributed by atoms with Gasteiger partial charge in [-0.3, -0.25) is 4.79 Å². The summed E-state index contributed by atoms with van der Waals surface area (Å²) in [5, 5.41) is 8.63. The zero-order chi connectivity index (χ0) is 15.5. The fraction of sp³-hybridized carbons (Fsp3) is 0.471. The first kappa shape index (κ1) is 15.5. The van der Waals surface area contributed by atoms with Crippen LogP contribution in [-0.2, 0) is 0 Å². The van der Waals surface area contributed by atoms with Gasteiger partial charge >= 0.3 is 0 Å². The van der Waals surface area contributed by atoms with Gasteiger partial charge in [0.1, 0.15) is 12.4 Å². The molecule has 0 aliphatic carbocycles. The number of aliphatic hydroxyl groups excluding tert-OH is 1. The topological polar surface area (TPSA) is 40.5 Å². The Morgan fingerprint density at radius 1 is 1.48 bits per heavy atom. The average Bonchev–Trinajstić information content (AvgIpc) is 2.43. The minimum Gasteiger partial charge on any atom is -0.384 e. The first-order valence-electron chi connectivity index (χ1n) is 7.11. The normalized spacial score (nSPS) is 17.0. The number of rotatable bonds is 1. The van der Waals surface area contributed by atoms with E-state index in [0.29, 0.717) is 18.7 Å². The minimum atomic E-state index is -0.562. The van der Waals surface area contributed by atoms with Gasteiger partial charge in [-0.05, 0) is 36.5 Å². The Labute approximate surface area is 124 Å². The standard InChI is InChI=1S/C17H20FNO2/c1-17(2)8-4-9-19(12-17)16(21)14-7-6-13(5-3-10-20)11-15(14)18/h6-7,11,20H,4,8-10,12H2,1-2H3. The summed E-state index contributed by atoms with van der Waals surface area (Å²) in [4.78, 5) is 14.2. The largest absolute Gasteiger partial charge is 0.384 e. The molecule has 2 rings (SSSR count). The molecule has 0 spiro atoms. The van der Waals surface area contributed by atoms with Crippen LogP contribution in [-0.4, -0.2) is 35.6 Å². The fourth-order valence-electron chi connectivity index (χ4n) is 2.67. The third kappa shape index (κ3) is 3.83. The second-order valence-electron chi connectivity index (χ2n) is 6.15. The number of hydrogen-bond acceptors (Lipinski definition) is 2. The highest BCUT2D eigenvalue weighted by atomic mass is 19.1. The quantitative estimate of drug-likeness (QED) is 0.807. The van der Waals surface area contributed by atoms with Gasteiger partial charge in [-0.2, -0.15) is 0 Å². The Bertz CT molecular complexity index is 599. The van der Waals surface area contributed by atoms with E-state index in [9.17, 15) is 9.18 Å². The smallest absolute Gasteiger partial charge is 0.256 e. The number of likely N-dealkylation sites (tertiary alicyclic amines) is 1. The molecule has 0 saturated carbocycles. The summed E-state index contributed by atoms with van der Waals surface area (Å²) >= 11 is 0. The van der Waals surface area contributed by atoms with Gasteiger partial charge in [0.25, 0.3) is 5.91 Å². The van der Waals surface area contributed by atoms with Crippen molar-refractivity contribution < 1.29 is 14.3 Å². The number of hydrogen-bond donors (Lipinski definition) is 1. The van der Waals surface area contributed by atoms with E-state index in [0.717, 1.165) is 12.8 Å². The number of benzene rings is 1. The van der Waals surface area contributed by atoms with E-state index in [2.05, 4.69) is 25.7 Å². The van der Waals surface area contributed by atoms with Crippen molar-refractivity contribution in [3.63, 3.8) is 0 Å². The van der Waals surface area contributed by atoms with Crippen molar-refractivity contribution in [2.75, 3.05) is 19.7 Å². The van der Waals surface area contributed by atoms with Crippen LogP contribution in [0, 0.1) is 23.1 Å². The Morgan fingerprint density at radius 3 is 2.86 bits per heavy atom. The average molecular weight is 289 g/mol. The molecule has 0 aromatic heterocycles. The molecule has 1 aliphatic rings. The van der Waals surface area contributed by atoms with Crippen molar-refractivity contribution in [3.8, 4) is 11.8 Å². The van der Waals surface area contributed by atoms with E-state index in [-0.39, 0.29) is 23.5 Å². The molecule has 0 unspecified atom stereocenters. The fourth-order valence-corrected chi connectivity index (χ4v) is 2.67. The molecular weight excluding hydrogens is 269 g/mol. The lowest BCUT2D eigenvalue weighted by Crippen LogP contribution is -2.43. The van der Waals surface area contributed by atoms with E-state index < -0.39 is 5.82 Å². The minimum absolute atomic E-state index is 0.0803. The summed E-state index contributed by atoms with van der Waals surface area (Å²) in [6.45, 7) is 5.29. The lowest BCUT2D eigenvalue weighted by molar-refractivity contribution is 0.0579. The van der Waals surface area contributed by atoms with Crippen LogP contribution in [0.15, 0.2) is 18.2 Å². The Morgan fingerprint density at radius 2 is 2.24 bits per heavy atom. The van der Waals surface area contributed by atoms with Crippen molar-refractivity contribution in [1.29, 1.82) is 0 Å². The lowest BCUT2D eigenvalue weighted by Gasteiger charge is -2.38. The number of halogens is 1. The van der Waals surface area contributed by atoms with Crippen LogP contribution < -0.4 is 0 Å². The molecule has 0 bridgehead atoms. The van der Waals surface area contributed by atoms with E-state index in [4.69, 9.17) is 5.11 Å². The molecule has 112 valence electrons. The number of carbonyl (C=O) groups excluding carboxylic acids is 1. The Hall–Kier alpha value is -1.86. The van der Waals surface area contributed by atoms with E-state index in [1.165, 1.54) is 12.1 Å². The van der Waals surface area contributed by atoms with E-state index >= 15 is 0 Å². The first-order valence-corrected chi connectivity index (χ1v) is 7.11. The van der Waals surface area contributed by atoms with Crippen molar-refractivity contribution in [3.05, 3.63) is 35.1 Å². The van der Waals surface area contributed by atoms with Crippen LogP contribution in [0.3, 0.4) is 0 Å². The summed E-state index contributed by atoms with van der Waals surface area (Å²) in [5.41, 5.74) is 0.621. The summed E-state index contributed by atoms with van der Waals surface area (Å²) in [5.74, 6) is 4.26. The molecule has 1 amide bonds. The van der Waals surface area contributed by atoms with E-state index in [1.54, 1.807) is 11.0 Å². The third-order valence-electron chi connectivity index (χ3n) is 3.70. The van der Waals surface area contributed by atoms with Gasteiger partial charge in [0, 0.05) is 18.7 Å². The summed E-state index contributed by atoms with van der Waals surface area (Å²) < 4.78 is 14.1. The van der Waals surface area contributed by atoms with E-state index in [1.807, 2.05) is 0 Å². The Balaban J connectivity index is 2.19. The molecule has 1 heterocycles. The maximum Gasteiger partial charge on any atom is 0.256 e. The molecule has 3 nitrogen and oxygen atoms in total. The maximum absolute atomic E-state index is 14.1. The lowest BCUT2D eigenvalue weighted by atomic mass is 9.84. The molecule has 1 aromatic carbocycles. The predicted octanol–water partition coefficient (Wildman–Crippen LogP) is 2.43. The Kier molecular flexibility index (Phi) is 4.64. The summed E-state index contributed by atoms with van der Waals surface area (Å²) in [6.07, 6.45) is 2.02. The van der Waals surface area contributed by atoms with Gasteiger partial charge in [0.05, 0.1) is 5.56 Å². The SMILES string of the molecule is CC1(C)CCCN(C(=O)c2ccc(C#CCO)cc2F)C1. The van der Waals surface area contributed by atoms with Crippen molar-refractivity contribution >= 4 is 5.91 Å². The highest BCUT2D eigenvalue weighted by Gasteiger charge is 2.30. The molecule has 1 saturated heterocycles. The van der Waals surface area contributed by atoms with Crippen molar-refractivity contribution in [2.24, 2.45) is 5.41 Å². The third-order valence-corrected chi connectivity index (χ3v) is 3.70. The van der Waals surface area contributed by atoms with Gasteiger partial charge in [-0.1, -0.05) is 25.7 Å². The zero-order valence-electron chi connectivity index (χ0n) is 12.4. The number of nitrogens with zero attached hydrogens (tertiary/aromatic N) is 1. The number of carbonyl (C=O) groups is 1. The highest BCUT2D eigenvalue weighted by Crippen LogP contribution is 2.29. The predicted molar refractivity (Wildman–Crippen MR) is 79.3 cm³/mol. The molecular formula is C17H20FNO2. The van der Waals surface area contributed by atoms with Crippen LogP contribution in [0.1, 0.15) is 42.6 Å². The molecule has 1 aliphatic heterocycles. The number of amides is 1. The molecule has 1 fully saturated rings. The van der Waals surface area contributed by atoms with Crippen LogP contribution in [0.4, 0.5) is 4.39 Å². The van der Waals surface area contributed by atoms with Crippen LogP contribution in [0.2, 0.25) is 0 Å². The van der Waals surface area contributed by atoms with Gasteiger partial charge < -0.3 is 10.0 Å². The second-order valence-corrected chi connectivity index (χ2v) is 6.15. The van der Waals surface area contributed by atoms with Gasteiger partial charge in [-0.25, -0.2) is 4.39 Å². The molecule has 0 radical (unpaired) electrons. The summed E-state index contributed by atoms with van der Waals surface area (Å²) in [6, 6.07) is 4.32.